The number of rotatable bonds is 2. The summed E-state index contributed by atoms with van der Waals surface area (Å²) in [5, 5.41) is 0. The number of allylic oxidation sites excluding steroid dienone is 2. The second-order valence-electron chi connectivity index (χ2n) is 2.97. The largest absolute Gasteiger partial charge is 0.287 e. The molecule has 0 atom stereocenters. The maximum absolute atomic E-state index is 4.45. The maximum Gasteiger partial charge on any atom is 0.0446 e. The number of hydrogen-bond donors (Lipinski definition) is 0. The molecule has 0 rings (SSSR count). The summed E-state index contributed by atoms with van der Waals surface area (Å²) >= 11 is 2.33. The Morgan fingerprint density at radius 1 is 1.18 bits per heavy atom. The maximum atomic E-state index is 4.45. The van der Waals surface area contributed by atoms with Crippen molar-refractivity contribution in [3.05, 3.63) is 9.15 Å². The van der Waals surface area contributed by atoms with Crippen LogP contribution in [-0.2, 0) is 0 Å². The van der Waals surface area contributed by atoms with Crippen molar-refractivity contribution in [1.29, 1.82) is 0 Å². The number of nitrogens with zero attached hydrogens (tertiary/aromatic N) is 1. The van der Waals surface area contributed by atoms with Crippen LogP contribution >= 0.6 is 22.6 Å². The third kappa shape index (κ3) is 4.56. The molecule has 0 spiro atoms. The van der Waals surface area contributed by atoms with Gasteiger partial charge in [0, 0.05) is 11.8 Å². The fourth-order valence-electron chi connectivity index (χ4n) is 0.733. The molecule has 0 amide bonds. The molecule has 0 saturated heterocycles. The van der Waals surface area contributed by atoms with E-state index < -0.39 is 0 Å². The molecule has 0 radical (unpaired) electrons. The van der Waals surface area contributed by atoms with Gasteiger partial charge in [-0.25, -0.2) is 0 Å². The molecule has 0 aliphatic carbocycles. The van der Waals surface area contributed by atoms with Gasteiger partial charge < -0.3 is 0 Å². The Hall–Kier alpha value is 0.140. The first-order valence-electron chi connectivity index (χ1n) is 3.83. The summed E-state index contributed by atoms with van der Waals surface area (Å²) in [6, 6.07) is 0.403. The van der Waals surface area contributed by atoms with Gasteiger partial charge in [-0.2, -0.15) is 0 Å². The minimum Gasteiger partial charge on any atom is -0.287 e. The van der Waals surface area contributed by atoms with Crippen LogP contribution in [0, 0.1) is 0 Å². The van der Waals surface area contributed by atoms with E-state index in [1.165, 1.54) is 9.15 Å². The van der Waals surface area contributed by atoms with Crippen molar-refractivity contribution in [2.45, 2.75) is 40.7 Å². The van der Waals surface area contributed by atoms with E-state index >= 15 is 0 Å². The lowest BCUT2D eigenvalue weighted by atomic mass is 10.2. The molecule has 1 nitrogen and oxygen atoms in total. The Labute approximate surface area is 83.1 Å². The number of aliphatic imine (C=N–C) groups is 1. The summed E-state index contributed by atoms with van der Waals surface area (Å²) in [5.41, 5.74) is 2.46. The molecule has 0 saturated carbocycles. The third-order valence-corrected chi connectivity index (χ3v) is 2.32. The van der Waals surface area contributed by atoms with Crippen molar-refractivity contribution in [2.24, 2.45) is 4.99 Å². The van der Waals surface area contributed by atoms with Gasteiger partial charge in [0.1, 0.15) is 0 Å². The highest BCUT2D eigenvalue weighted by atomic mass is 127. The quantitative estimate of drug-likeness (QED) is 0.534. The minimum absolute atomic E-state index is 0.403. The van der Waals surface area contributed by atoms with Crippen molar-refractivity contribution in [1.82, 2.24) is 0 Å². The molecule has 0 aromatic carbocycles. The number of halogens is 1. The van der Waals surface area contributed by atoms with Crippen LogP contribution in [0.1, 0.15) is 34.6 Å². The Bertz CT molecular complexity index is 186. The summed E-state index contributed by atoms with van der Waals surface area (Å²) in [5.74, 6) is 0. The molecule has 2 heteroatoms. The van der Waals surface area contributed by atoms with Crippen LogP contribution in [0.2, 0.25) is 0 Å². The molecular weight excluding hydrogens is 249 g/mol. The minimum atomic E-state index is 0.403. The molecule has 0 heterocycles. The van der Waals surface area contributed by atoms with Crippen molar-refractivity contribution in [3.8, 4) is 0 Å². The van der Waals surface area contributed by atoms with Gasteiger partial charge in [0.15, 0.2) is 0 Å². The summed E-state index contributed by atoms with van der Waals surface area (Å²) in [7, 11) is 0. The van der Waals surface area contributed by atoms with Crippen LogP contribution in [0.5, 0.6) is 0 Å². The van der Waals surface area contributed by atoms with Gasteiger partial charge in [0.2, 0.25) is 0 Å². The zero-order valence-electron chi connectivity index (χ0n) is 7.90. The van der Waals surface area contributed by atoms with Gasteiger partial charge in [0.25, 0.3) is 0 Å². The summed E-state index contributed by atoms with van der Waals surface area (Å²) < 4.78 is 1.32. The van der Waals surface area contributed by atoms with Crippen LogP contribution in [0.4, 0.5) is 0 Å². The Morgan fingerprint density at radius 2 is 1.64 bits per heavy atom. The predicted molar refractivity (Wildman–Crippen MR) is 60.6 cm³/mol. The number of hydrogen-bond acceptors (Lipinski definition) is 1. The SMILES string of the molecule is CC(=NC(C)C)/C(C)=C(/C)I. The molecule has 11 heavy (non-hydrogen) atoms. The summed E-state index contributed by atoms with van der Waals surface area (Å²) in [4.78, 5) is 4.45. The Morgan fingerprint density at radius 3 is 1.91 bits per heavy atom. The lowest BCUT2D eigenvalue weighted by Gasteiger charge is -2.04. The molecule has 0 N–H and O–H groups in total. The molecule has 0 aliphatic heterocycles. The first-order valence-corrected chi connectivity index (χ1v) is 4.90. The Balaban J connectivity index is 4.50. The summed E-state index contributed by atoms with van der Waals surface area (Å²) in [6.45, 7) is 10.5. The smallest absolute Gasteiger partial charge is 0.0446 e. The molecule has 0 fully saturated rings. The van der Waals surface area contributed by atoms with Crippen molar-refractivity contribution in [3.63, 3.8) is 0 Å². The first-order chi connectivity index (χ1) is 4.95. The highest BCUT2D eigenvalue weighted by molar-refractivity contribution is 14.1. The molecule has 0 aromatic heterocycles. The molecular formula is C9H16IN. The van der Waals surface area contributed by atoms with E-state index in [-0.39, 0.29) is 0 Å². The van der Waals surface area contributed by atoms with Crippen molar-refractivity contribution >= 4 is 28.3 Å². The van der Waals surface area contributed by atoms with E-state index in [0.717, 1.165) is 5.71 Å². The van der Waals surface area contributed by atoms with Gasteiger partial charge in [0.05, 0.1) is 0 Å². The zero-order valence-corrected chi connectivity index (χ0v) is 10.1. The van der Waals surface area contributed by atoms with E-state index in [2.05, 4.69) is 62.2 Å². The molecule has 0 aromatic rings. The highest BCUT2D eigenvalue weighted by Gasteiger charge is 1.98. The van der Waals surface area contributed by atoms with Crippen LogP contribution in [0.25, 0.3) is 0 Å². The van der Waals surface area contributed by atoms with Crippen molar-refractivity contribution in [2.75, 3.05) is 0 Å². The van der Waals surface area contributed by atoms with Crippen LogP contribution < -0.4 is 0 Å². The van der Waals surface area contributed by atoms with E-state index in [1.807, 2.05) is 0 Å². The van der Waals surface area contributed by atoms with E-state index in [4.69, 9.17) is 0 Å². The average molecular weight is 265 g/mol. The molecule has 64 valence electrons. The second-order valence-corrected chi connectivity index (χ2v) is 4.58. The van der Waals surface area contributed by atoms with E-state index in [9.17, 15) is 0 Å². The standard InChI is InChI=1S/C9H16IN/c1-6(2)11-9(5)7(3)8(4)10/h6H,1-5H3/b8-7-,11-9?. The van der Waals surface area contributed by atoms with E-state index in [1.54, 1.807) is 0 Å². The molecule has 0 bridgehead atoms. The van der Waals surface area contributed by atoms with Crippen LogP contribution in [-0.4, -0.2) is 11.8 Å². The first kappa shape index (κ1) is 11.1. The second kappa shape index (κ2) is 4.91. The van der Waals surface area contributed by atoms with Gasteiger partial charge in [-0.3, -0.25) is 4.99 Å². The lowest BCUT2D eigenvalue weighted by molar-refractivity contribution is 0.835. The lowest BCUT2D eigenvalue weighted by Crippen LogP contribution is -2.00. The topological polar surface area (TPSA) is 12.4 Å². The van der Waals surface area contributed by atoms with E-state index in [0.29, 0.717) is 6.04 Å². The molecule has 0 aliphatic rings. The Kier molecular flexibility index (Phi) is 4.97. The van der Waals surface area contributed by atoms with Gasteiger partial charge in [-0.15, -0.1) is 0 Å². The molecule has 0 unspecified atom stereocenters. The zero-order chi connectivity index (χ0) is 9.02. The van der Waals surface area contributed by atoms with Gasteiger partial charge >= 0.3 is 0 Å². The summed E-state index contributed by atoms with van der Waals surface area (Å²) in [6.07, 6.45) is 0. The van der Waals surface area contributed by atoms with Crippen molar-refractivity contribution < 1.29 is 0 Å². The van der Waals surface area contributed by atoms with Gasteiger partial charge in [-0.05, 0) is 66.4 Å². The normalized spacial score (nSPS) is 15.4. The fraction of sp³-hybridized carbons (Fsp3) is 0.667. The van der Waals surface area contributed by atoms with Crippen LogP contribution in [0.3, 0.4) is 0 Å². The predicted octanol–water partition coefficient (Wildman–Crippen LogP) is 3.58. The van der Waals surface area contributed by atoms with Gasteiger partial charge in [-0.1, -0.05) is 0 Å². The van der Waals surface area contributed by atoms with Crippen LogP contribution in [0.15, 0.2) is 14.1 Å². The third-order valence-electron chi connectivity index (χ3n) is 1.51. The monoisotopic (exact) mass is 265 g/mol. The average Bonchev–Trinajstić information content (AvgIpc) is 1.84. The highest BCUT2D eigenvalue weighted by Crippen LogP contribution is 2.12. The fourth-order valence-corrected chi connectivity index (χ4v) is 1.12.